The zero-order valence-electron chi connectivity index (χ0n) is 12.2. The number of rotatable bonds is 7. The van der Waals surface area contributed by atoms with Crippen LogP contribution in [-0.2, 0) is 11.2 Å². The van der Waals surface area contributed by atoms with Crippen LogP contribution in [0.5, 0.6) is 0 Å². The Hall–Kier alpha value is -1.35. The number of benzene rings is 1. The molecule has 0 bridgehead atoms. The standard InChI is InChI=1S/C16H26N2O/c1-12(2)15(11-17)16(19)18-13(3)9-10-14-7-5-4-6-8-14/h4-8,12-13,15H,9-11,17H2,1-3H3,(H,18,19). The molecule has 3 N–H and O–H groups in total. The van der Waals surface area contributed by atoms with E-state index in [9.17, 15) is 4.79 Å². The lowest BCUT2D eigenvalue weighted by atomic mass is 9.94. The summed E-state index contributed by atoms with van der Waals surface area (Å²) in [5.41, 5.74) is 6.96. The minimum Gasteiger partial charge on any atom is -0.353 e. The van der Waals surface area contributed by atoms with E-state index < -0.39 is 0 Å². The molecule has 1 aromatic rings. The molecule has 1 aromatic carbocycles. The van der Waals surface area contributed by atoms with Crippen LogP contribution in [0.15, 0.2) is 30.3 Å². The fourth-order valence-corrected chi connectivity index (χ4v) is 2.13. The van der Waals surface area contributed by atoms with E-state index in [1.54, 1.807) is 0 Å². The minimum atomic E-state index is -0.0841. The Balaban J connectivity index is 2.38. The molecule has 106 valence electrons. The molecule has 1 amide bonds. The van der Waals surface area contributed by atoms with E-state index >= 15 is 0 Å². The highest BCUT2D eigenvalue weighted by Gasteiger charge is 2.21. The van der Waals surface area contributed by atoms with Crippen molar-refractivity contribution in [2.24, 2.45) is 17.6 Å². The Kier molecular flexibility index (Phi) is 6.57. The average Bonchev–Trinajstić information content (AvgIpc) is 2.38. The molecule has 0 aliphatic heterocycles. The first-order valence-corrected chi connectivity index (χ1v) is 7.09. The molecule has 0 aliphatic carbocycles. The Morgan fingerprint density at radius 3 is 2.37 bits per heavy atom. The molecule has 0 spiro atoms. The lowest BCUT2D eigenvalue weighted by Crippen LogP contribution is -2.42. The molecule has 3 nitrogen and oxygen atoms in total. The highest BCUT2D eigenvalue weighted by molar-refractivity contribution is 5.79. The van der Waals surface area contributed by atoms with Gasteiger partial charge in [0.25, 0.3) is 0 Å². The Labute approximate surface area is 116 Å². The number of amides is 1. The van der Waals surface area contributed by atoms with Gasteiger partial charge in [-0.1, -0.05) is 44.2 Å². The number of hydrogen-bond donors (Lipinski definition) is 2. The predicted octanol–water partition coefficient (Wildman–Crippen LogP) is 2.35. The lowest BCUT2D eigenvalue weighted by molar-refractivity contribution is -0.126. The Morgan fingerprint density at radius 1 is 1.21 bits per heavy atom. The summed E-state index contributed by atoms with van der Waals surface area (Å²) in [6, 6.07) is 10.5. The van der Waals surface area contributed by atoms with Crippen LogP contribution < -0.4 is 11.1 Å². The van der Waals surface area contributed by atoms with E-state index in [4.69, 9.17) is 5.73 Å². The van der Waals surface area contributed by atoms with Crippen LogP contribution in [0.3, 0.4) is 0 Å². The Bertz CT molecular complexity index is 376. The lowest BCUT2D eigenvalue weighted by Gasteiger charge is -2.21. The number of carbonyl (C=O) groups is 1. The van der Waals surface area contributed by atoms with Gasteiger partial charge < -0.3 is 11.1 Å². The highest BCUT2D eigenvalue weighted by atomic mass is 16.1. The topological polar surface area (TPSA) is 55.1 Å². The molecule has 19 heavy (non-hydrogen) atoms. The first-order chi connectivity index (χ1) is 9.04. The molecule has 0 fully saturated rings. The van der Waals surface area contributed by atoms with Gasteiger partial charge in [0.1, 0.15) is 0 Å². The van der Waals surface area contributed by atoms with Gasteiger partial charge in [0, 0.05) is 12.6 Å². The van der Waals surface area contributed by atoms with Gasteiger partial charge in [-0.05, 0) is 31.2 Å². The molecule has 0 aliphatic rings. The van der Waals surface area contributed by atoms with Gasteiger partial charge >= 0.3 is 0 Å². The molecule has 3 heteroatoms. The predicted molar refractivity (Wildman–Crippen MR) is 79.8 cm³/mol. The summed E-state index contributed by atoms with van der Waals surface area (Å²) in [4.78, 5) is 12.0. The van der Waals surface area contributed by atoms with E-state index in [0.717, 1.165) is 12.8 Å². The van der Waals surface area contributed by atoms with Gasteiger partial charge in [0.2, 0.25) is 5.91 Å². The summed E-state index contributed by atoms with van der Waals surface area (Å²) in [6.07, 6.45) is 1.93. The van der Waals surface area contributed by atoms with Crippen LogP contribution >= 0.6 is 0 Å². The molecule has 0 saturated carbocycles. The molecular formula is C16H26N2O. The first kappa shape index (κ1) is 15.7. The number of hydrogen-bond acceptors (Lipinski definition) is 2. The fraction of sp³-hybridized carbons (Fsp3) is 0.562. The fourth-order valence-electron chi connectivity index (χ4n) is 2.13. The first-order valence-electron chi connectivity index (χ1n) is 7.09. The van der Waals surface area contributed by atoms with Crippen LogP contribution in [0.4, 0.5) is 0 Å². The van der Waals surface area contributed by atoms with Crippen molar-refractivity contribution in [3.8, 4) is 0 Å². The van der Waals surface area contributed by atoms with E-state index in [-0.39, 0.29) is 23.8 Å². The molecule has 0 saturated heterocycles. The van der Waals surface area contributed by atoms with E-state index in [0.29, 0.717) is 6.54 Å². The van der Waals surface area contributed by atoms with Crippen LogP contribution in [-0.4, -0.2) is 18.5 Å². The molecule has 2 unspecified atom stereocenters. The summed E-state index contributed by atoms with van der Waals surface area (Å²) in [5.74, 6) is 0.281. The number of nitrogens with one attached hydrogen (secondary N) is 1. The molecule has 0 aromatic heterocycles. The van der Waals surface area contributed by atoms with Gasteiger partial charge in [-0.25, -0.2) is 0 Å². The van der Waals surface area contributed by atoms with Crippen molar-refractivity contribution in [3.63, 3.8) is 0 Å². The highest BCUT2D eigenvalue weighted by Crippen LogP contribution is 2.10. The number of aryl methyl sites for hydroxylation is 1. The maximum absolute atomic E-state index is 12.0. The third kappa shape index (κ3) is 5.43. The summed E-state index contributed by atoms with van der Waals surface area (Å²) in [6.45, 7) is 6.53. The van der Waals surface area contributed by atoms with Crippen molar-refractivity contribution < 1.29 is 4.79 Å². The van der Waals surface area contributed by atoms with Crippen molar-refractivity contribution in [1.29, 1.82) is 0 Å². The van der Waals surface area contributed by atoms with Crippen molar-refractivity contribution in [3.05, 3.63) is 35.9 Å². The second kappa shape index (κ2) is 7.95. The average molecular weight is 262 g/mol. The largest absolute Gasteiger partial charge is 0.353 e. The SMILES string of the molecule is CC(CCc1ccccc1)NC(=O)C(CN)C(C)C. The van der Waals surface area contributed by atoms with E-state index in [1.807, 2.05) is 32.0 Å². The molecular weight excluding hydrogens is 236 g/mol. The monoisotopic (exact) mass is 262 g/mol. The number of nitrogens with two attached hydrogens (primary N) is 1. The molecule has 0 radical (unpaired) electrons. The van der Waals surface area contributed by atoms with Gasteiger partial charge in [0.15, 0.2) is 0 Å². The molecule has 1 rings (SSSR count). The van der Waals surface area contributed by atoms with Crippen LogP contribution in [0.2, 0.25) is 0 Å². The third-order valence-corrected chi connectivity index (χ3v) is 3.49. The molecule has 0 heterocycles. The van der Waals surface area contributed by atoms with Crippen molar-refractivity contribution in [2.45, 2.75) is 39.7 Å². The van der Waals surface area contributed by atoms with Crippen LogP contribution in [0.1, 0.15) is 32.8 Å². The quantitative estimate of drug-likeness (QED) is 0.792. The van der Waals surface area contributed by atoms with Gasteiger partial charge in [0.05, 0.1) is 5.92 Å². The van der Waals surface area contributed by atoms with Crippen molar-refractivity contribution in [1.82, 2.24) is 5.32 Å². The van der Waals surface area contributed by atoms with Crippen LogP contribution in [0.25, 0.3) is 0 Å². The zero-order chi connectivity index (χ0) is 14.3. The summed E-state index contributed by atoms with van der Waals surface area (Å²) in [5, 5.41) is 3.06. The van der Waals surface area contributed by atoms with Gasteiger partial charge in [-0.15, -0.1) is 0 Å². The van der Waals surface area contributed by atoms with Gasteiger partial charge in [-0.2, -0.15) is 0 Å². The maximum Gasteiger partial charge on any atom is 0.224 e. The van der Waals surface area contributed by atoms with E-state index in [1.165, 1.54) is 5.56 Å². The Morgan fingerprint density at radius 2 is 1.84 bits per heavy atom. The normalized spacial score (nSPS) is 14.2. The van der Waals surface area contributed by atoms with Crippen molar-refractivity contribution >= 4 is 5.91 Å². The second-order valence-corrected chi connectivity index (χ2v) is 5.52. The zero-order valence-corrected chi connectivity index (χ0v) is 12.2. The minimum absolute atomic E-state index is 0.0815. The van der Waals surface area contributed by atoms with E-state index in [2.05, 4.69) is 24.4 Å². The number of carbonyl (C=O) groups excluding carboxylic acids is 1. The summed E-state index contributed by atoms with van der Waals surface area (Å²) < 4.78 is 0. The van der Waals surface area contributed by atoms with Gasteiger partial charge in [-0.3, -0.25) is 4.79 Å². The van der Waals surface area contributed by atoms with Crippen LogP contribution in [0, 0.1) is 11.8 Å². The smallest absolute Gasteiger partial charge is 0.224 e. The summed E-state index contributed by atoms with van der Waals surface area (Å²) >= 11 is 0. The third-order valence-electron chi connectivity index (χ3n) is 3.49. The van der Waals surface area contributed by atoms with Crippen molar-refractivity contribution in [2.75, 3.05) is 6.54 Å². The summed E-state index contributed by atoms with van der Waals surface area (Å²) in [7, 11) is 0. The second-order valence-electron chi connectivity index (χ2n) is 5.52. The molecule has 2 atom stereocenters. The maximum atomic E-state index is 12.0.